The maximum atomic E-state index is 13.1. The van der Waals surface area contributed by atoms with Crippen LogP contribution in [0, 0.1) is 5.92 Å². The number of likely N-dealkylation sites (tertiary alicyclic amines) is 1. The predicted octanol–water partition coefficient (Wildman–Crippen LogP) is 2.70. The minimum Gasteiger partial charge on any atom is -0.497 e. The van der Waals surface area contributed by atoms with Crippen molar-refractivity contribution in [3.8, 4) is 11.5 Å². The summed E-state index contributed by atoms with van der Waals surface area (Å²) >= 11 is 0. The van der Waals surface area contributed by atoms with Gasteiger partial charge < -0.3 is 19.3 Å². The fourth-order valence-electron chi connectivity index (χ4n) is 4.66. The van der Waals surface area contributed by atoms with E-state index in [0.29, 0.717) is 18.8 Å². The Morgan fingerprint density at radius 1 is 0.824 bits per heavy atom. The van der Waals surface area contributed by atoms with Gasteiger partial charge in [-0.3, -0.25) is 14.5 Å². The largest absolute Gasteiger partial charge is 0.497 e. The first-order chi connectivity index (χ1) is 16.6. The second-order valence-electron chi connectivity index (χ2n) is 9.02. The van der Waals surface area contributed by atoms with Crippen molar-refractivity contribution in [3.05, 3.63) is 60.2 Å². The molecule has 2 aliphatic rings. The molecule has 2 aliphatic heterocycles. The van der Waals surface area contributed by atoms with E-state index in [1.807, 2.05) is 52.3 Å². The molecule has 2 fully saturated rings. The van der Waals surface area contributed by atoms with Crippen LogP contribution < -0.4 is 9.47 Å². The molecule has 0 N–H and O–H groups in total. The fourth-order valence-corrected chi connectivity index (χ4v) is 4.66. The van der Waals surface area contributed by atoms with Gasteiger partial charge in [0.05, 0.1) is 7.11 Å². The number of methoxy groups -OCH3 is 1. The van der Waals surface area contributed by atoms with Crippen molar-refractivity contribution in [2.45, 2.75) is 19.3 Å². The summed E-state index contributed by atoms with van der Waals surface area (Å²) in [7, 11) is 1.68. The summed E-state index contributed by atoms with van der Waals surface area (Å²) < 4.78 is 10.8. The highest BCUT2D eigenvalue weighted by atomic mass is 16.5. The number of carbonyl (C=O) groups is 2. The average Bonchev–Trinajstić information content (AvgIpc) is 2.91. The molecule has 2 saturated heterocycles. The molecule has 0 unspecified atom stereocenters. The monoisotopic (exact) mass is 465 g/mol. The van der Waals surface area contributed by atoms with Crippen LogP contribution in [0.4, 0.5) is 0 Å². The van der Waals surface area contributed by atoms with Gasteiger partial charge in [0.15, 0.2) is 6.61 Å². The van der Waals surface area contributed by atoms with Gasteiger partial charge in [-0.1, -0.05) is 30.3 Å². The highest BCUT2D eigenvalue weighted by Crippen LogP contribution is 2.21. The normalized spacial score (nSPS) is 17.4. The third kappa shape index (κ3) is 6.50. The quantitative estimate of drug-likeness (QED) is 0.600. The zero-order valence-electron chi connectivity index (χ0n) is 20.0. The van der Waals surface area contributed by atoms with Crippen molar-refractivity contribution in [1.82, 2.24) is 14.7 Å². The Hall–Kier alpha value is -3.06. The maximum Gasteiger partial charge on any atom is 0.260 e. The summed E-state index contributed by atoms with van der Waals surface area (Å²) in [6, 6.07) is 17.6. The summed E-state index contributed by atoms with van der Waals surface area (Å²) in [5.74, 6) is 1.84. The standard InChI is InChI=1S/C27H35N3O4/c1-33-24-9-7-22(8-10-24)11-14-28-17-19-30(20-18-28)27(32)23-12-15-29(16-13-23)26(31)21-34-25-5-3-2-4-6-25/h2-10,23H,11-21H2,1H3. The molecule has 2 aromatic carbocycles. The molecule has 0 radical (unpaired) electrons. The first-order valence-electron chi connectivity index (χ1n) is 12.2. The van der Waals surface area contributed by atoms with Gasteiger partial charge in [-0.25, -0.2) is 0 Å². The van der Waals surface area contributed by atoms with E-state index in [0.717, 1.165) is 57.7 Å². The van der Waals surface area contributed by atoms with Crippen LogP contribution in [0.3, 0.4) is 0 Å². The third-order valence-corrected chi connectivity index (χ3v) is 6.86. The zero-order chi connectivity index (χ0) is 23.8. The van der Waals surface area contributed by atoms with Gasteiger partial charge in [0, 0.05) is 51.7 Å². The van der Waals surface area contributed by atoms with Crippen LogP contribution in [-0.2, 0) is 16.0 Å². The van der Waals surface area contributed by atoms with Crippen molar-refractivity contribution in [3.63, 3.8) is 0 Å². The van der Waals surface area contributed by atoms with E-state index >= 15 is 0 Å². The summed E-state index contributed by atoms with van der Waals surface area (Å²) in [5.41, 5.74) is 1.30. The smallest absolute Gasteiger partial charge is 0.260 e. The van der Waals surface area contributed by atoms with Gasteiger partial charge in [0.2, 0.25) is 5.91 Å². The molecule has 0 aliphatic carbocycles. The van der Waals surface area contributed by atoms with Crippen LogP contribution in [-0.4, -0.2) is 86.0 Å². The first-order valence-corrected chi connectivity index (χ1v) is 12.2. The van der Waals surface area contributed by atoms with E-state index in [-0.39, 0.29) is 24.3 Å². The van der Waals surface area contributed by atoms with E-state index in [1.165, 1.54) is 5.56 Å². The summed E-state index contributed by atoms with van der Waals surface area (Å²) in [6.45, 7) is 5.68. The van der Waals surface area contributed by atoms with Gasteiger partial charge >= 0.3 is 0 Å². The molecule has 34 heavy (non-hydrogen) atoms. The number of amides is 2. The minimum absolute atomic E-state index is 0.0137. The summed E-state index contributed by atoms with van der Waals surface area (Å²) in [4.78, 5) is 31.8. The van der Waals surface area contributed by atoms with Crippen molar-refractivity contribution < 1.29 is 19.1 Å². The van der Waals surface area contributed by atoms with E-state index in [9.17, 15) is 9.59 Å². The molecule has 0 saturated carbocycles. The number of ether oxygens (including phenoxy) is 2. The second kappa shape index (κ2) is 11.9. The number of nitrogens with zero attached hydrogens (tertiary/aromatic N) is 3. The van der Waals surface area contributed by atoms with Crippen molar-refractivity contribution in [2.24, 2.45) is 5.92 Å². The Kier molecular flexibility index (Phi) is 8.41. The molecule has 7 nitrogen and oxygen atoms in total. The van der Waals surface area contributed by atoms with Gasteiger partial charge in [0.25, 0.3) is 5.91 Å². The molecule has 4 rings (SSSR count). The minimum atomic E-state index is -0.0137. The molecule has 0 atom stereocenters. The molecular weight excluding hydrogens is 430 g/mol. The van der Waals surface area contributed by atoms with Crippen LogP contribution in [0.5, 0.6) is 11.5 Å². The first kappa shape index (κ1) is 24.1. The number of rotatable bonds is 8. The van der Waals surface area contributed by atoms with Gasteiger partial charge in [-0.05, 0) is 49.1 Å². The van der Waals surface area contributed by atoms with E-state index in [1.54, 1.807) is 7.11 Å². The van der Waals surface area contributed by atoms with E-state index < -0.39 is 0 Å². The van der Waals surface area contributed by atoms with Gasteiger partial charge in [-0.15, -0.1) is 0 Å². The Balaban J connectivity index is 1.14. The lowest BCUT2D eigenvalue weighted by molar-refractivity contribution is -0.142. The van der Waals surface area contributed by atoms with Crippen LogP contribution in [0.25, 0.3) is 0 Å². The third-order valence-electron chi connectivity index (χ3n) is 6.86. The molecule has 0 aromatic heterocycles. The Labute approximate surface area is 202 Å². The second-order valence-corrected chi connectivity index (χ2v) is 9.02. The van der Waals surface area contributed by atoms with Crippen molar-refractivity contribution in [1.29, 1.82) is 0 Å². The van der Waals surface area contributed by atoms with Gasteiger partial charge in [0.1, 0.15) is 11.5 Å². The number of piperidine rings is 1. The van der Waals surface area contributed by atoms with Crippen LogP contribution in [0.1, 0.15) is 18.4 Å². The lowest BCUT2D eigenvalue weighted by atomic mass is 9.95. The number of carbonyl (C=O) groups excluding carboxylic acids is 2. The van der Waals surface area contributed by atoms with E-state index in [4.69, 9.17) is 9.47 Å². The molecule has 2 aromatic rings. The highest BCUT2D eigenvalue weighted by Gasteiger charge is 2.31. The SMILES string of the molecule is COc1ccc(CCN2CCN(C(=O)C3CCN(C(=O)COc4ccccc4)CC3)CC2)cc1. The number of hydrogen-bond donors (Lipinski definition) is 0. The van der Waals surface area contributed by atoms with Crippen LogP contribution in [0.15, 0.2) is 54.6 Å². The molecule has 2 amide bonds. The Morgan fingerprint density at radius 2 is 1.50 bits per heavy atom. The number of para-hydroxylation sites is 1. The number of hydrogen-bond acceptors (Lipinski definition) is 5. The molecule has 0 spiro atoms. The lowest BCUT2D eigenvalue weighted by Crippen LogP contribution is -2.52. The number of benzene rings is 2. The topological polar surface area (TPSA) is 62.3 Å². The molecule has 0 bridgehead atoms. The van der Waals surface area contributed by atoms with Crippen molar-refractivity contribution >= 4 is 11.8 Å². The lowest BCUT2D eigenvalue weighted by Gasteiger charge is -2.38. The van der Waals surface area contributed by atoms with E-state index in [2.05, 4.69) is 17.0 Å². The predicted molar refractivity (Wildman–Crippen MR) is 131 cm³/mol. The fraction of sp³-hybridized carbons (Fsp3) is 0.481. The zero-order valence-corrected chi connectivity index (χ0v) is 20.0. The molecule has 182 valence electrons. The molecule has 7 heteroatoms. The average molecular weight is 466 g/mol. The number of piperazine rings is 1. The van der Waals surface area contributed by atoms with Crippen molar-refractivity contribution in [2.75, 3.05) is 59.5 Å². The highest BCUT2D eigenvalue weighted by molar-refractivity contribution is 5.80. The Morgan fingerprint density at radius 3 is 2.15 bits per heavy atom. The Bertz CT molecular complexity index is 919. The maximum absolute atomic E-state index is 13.1. The summed E-state index contributed by atoms with van der Waals surface area (Å²) in [6.07, 6.45) is 2.46. The summed E-state index contributed by atoms with van der Waals surface area (Å²) in [5, 5.41) is 0. The molecule has 2 heterocycles. The van der Waals surface area contributed by atoms with Crippen LogP contribution >= 0.6 is 0 Å². The van der Waals surface area contributed by atoms with Gasteiger partial charge in [-0.2, -0.15) is 0 Å². The molecular formula is C27H35N3O4. The van der Waals surface area contributed by atoms with Crippen LogP contribution in [0.2, 0.25) is 0 Å².